The molecule has 0 radical (unpaired) electrons. The first kappa shape index (κ1) is 14.2. The maximum Gasteiger partial charge on any atom is 0.275 e. The van der Waals surface area contributed by atoms with Gasteiger partial charge in [0.15, 0.2) is 0 Å². The molecule has 0 fully saturated rings. The molecule has 110 valence electrons. The number of anilines is 1. The molecule has 3 rings (SSSR count). The molecule has 0 unspecified atom stereocenters. The van der Waals surface area contributed by atoms with Crippen molar-refractivity contribution < 1.29 is 9.53 Å². The van der Waals surface area contributed by atoms with E-state index in [9.17, 15) is 4.79 Å². The summed E-state index contributed by atoms with van der Waals surface area (Å²) in [6.07, 6.45) is 1.68. The number of thiazole rings is 1. The highest BCUT2D eigenvalue weighted by molar-refractivity contribution is 7.13. The maximum absolute atomic E-state index is 12.2. The zero-order valence-electron chi connectivity index (χ0n) is 11.8. The highest BCUT2D eigenvalue weighted by Gasteiger charge is 2.12. The summed E-state index contributed by atoms with van der Waals surface area (Å²) in [5.74, 6) is 0.317. The van der Waals surface area contributed by atoms with Gasteiger partial charge < -0.3 is 10.1 Å². The first-order valence-corrected chi connectivity index (χ1v) is 7.46. The van der Waals surface area contributed by atoms with Gasteiger partial charge in [-0.2, -0.15) is 0 Å². The van der Waals surface area contributed by atoms with Gasteiger partial charge in [0.1, 0.15) is 10.7 Å². The second-order valence-electron chi connectivity index (χ2n) is 4.45. The van der Waals surface area contributed by atoms with Crippen molar-refractivity contribution >= 4 is 22.9 Å². The number of ether oxygens (including phenoxy) is 1. The van der Waals surface area contributed by atoms with E-state index in [0.29, 0.717) is 11.6 Å². The van der Waals surface area contributed by atoms with Crippen molar-refractivity contribution in [3.8, 4) is 16.5 Å². The summed E-state index contributed by atoms with van der Waals surface area (Å²) >= 11 is 1.40. The predicted octanol–water partition coefficient (Wildman–Crippen LogP) is 3.47. The summed E-state index contributed by atoms with van der Waals surface area (Å²) in [4.78, 5) is 20.7. The Hall–Kier alpha value is -2.73. The fourth-order valence-corrected chi connectivity index (χ4v) is 2.65. The number of rotatable bonds is 4. The monoisotopic (exact) mass is 311 g/mol. The number of nitrogens with one attached hydrogen (secondary N) is 1. The lowest BCUT2D eigenvalue weighted by Crippen LogP contribution is -2.12. The van der Waals surface area contributed by atoms with E-state index in [1.807, 2.05) is 36.4 Å². The molecule has 3 aromatic rings. The van der Waals surface area contributed by atoms with Gasteiger partial charge in [0.25, 0.3) is 5.91 Å². The van der Waals surface area contributed by atoms with E-state index >= 15 is 0 Å². The van der Waals surface area contributed by atoms with Gasteiger partial charge in [-0.1, -0.05) is 18.2 Å². The molecule has 2 aromatic heterocycles. The third kappa shape index (κ3) is 3.12. The second-order valence-corrected chi connectivity index (χ2v) is 5.31. The standard InChI is InChI=1S/C16H13N3O2S/c1-21-14-8-7-11(9-17-14)16-19-13(10-22-16)15(20)18-12-5-3-2-4-6-12/h2-10H,1H3,(H,18,20). The SMILES string of the molecule is COc1ccc(-c2nc(C(=O)Nc3ccccc3)cs2)cn1. The summed E-state index contributed by atoms with van der Waals surface area (Å²) in [6, 6.07) is 12.9. The van der Waals surface area contributed by atoms with Crippen molar-refractivity contribution in [2.45, 2.75) is 0 Å². The fourth-order valence-electron chi connectivity index (χ4n) is 1.85. The van der Waals surface area contributed by atoms with Crippen molar-refractivity contribution in [1.29, 1.82) is 0 Å². The normalized spacial score (nSPS) is 10.2. The van der Waals surface area contributed by atoms with Crippen LogP contribution in [0.2, 0.25) is 0 Å². The van der Waals surface area contributed by atoms with Gasteiger partial charge in [-0.15, -0.1) is 11.3 Å². The quantitative estimate of drug-likeness (QED) is 0.801. The summed E-state index contributed by atoms with van der Waals surface area (Å²) in [6.45, 7) is 0. The average molecular weight is 311 g/mol. The largest absolute Gasteiger partial charge is 0.481 e. The van der Waals surface area contributed by atoms with Crippen LogP contribution in [-0.2, 0) is 0 Å². The van der Waals surface area contributed by atoms with Crippen LogP contribution in [0.3, 0.4) is 0 Å². The Labute approximate surface area is 131 Å². The van der Waals surface area contributed by atoms with Gasteiger partial charge in [0, 0.05) is 28.9 Å². The highest BCUT2D eigenvalue weighted by Crippen LogP contribution is 2.24. The molecule has 0 saturated heterocycles. The molecule has 1 aromatic carbocycles. The molecule has 5 nitrogen and oxygen atoms in total. The zero-order chi connectivity index (χ0) is 15.4. The minimum absolute atomic E-state index is 0.227. The van der Waals surface area contributed by atoms with Crippen LogP contribution >= 0.6 is 11.3 Å². The topological polar surface area (TPSA) is 64.1 Å². The number of hydrogen-bond acceptors (Lipinski definition) is 5. The van der Waals surface area contributed by atoms with E-state index in [0.717, 1.165) is 16.3 Å². The Morgan fingerprint density at radius 2 is 2.00 bits per heavy atom. The first-order chi connectivity index (χ1) is 10.8. The van der Waals surface area contributed by atoms with Crippen LogP contribution in [-0.4, -0.2) is 23.0 Å². The van der Waals surface area contributed by atoms with Crippen LogP contribution in [0.5, 0.6) is 5.88 Å². The highest BCUT2D eigenvalue weighted by atomic mass is 32.1. The molecule has 2 heterocycles. The molecule has 0 bridgehead atoms. The molecule has 1 N–H and O–H groups in total. The van der Waals surface area contributed by atoms with E-state index in [-0.39, 0.29) is 5.91 Å². The number of benzene rings is 1. The molecular formula is C16H13N3O2S. The summed E-state index contributed by atoms with van der Waals surface area (Å²) < 4.78 is 5.02. The summed E-state index contributed by atoms with van der Waals surface area (Å²) in [7, 11) is 1.57. The number of carbonyl (C=O) groups excluding carboxylic acids is 1. The lowest BCUT2D eigenvalue weighted by Gasteiger charge is -2.02. The number of nitrogens with zero attached hydrogens (tertiary/aromatic N) is 2. The van der Waals surface area contributed by atoms with Gasteiger partial charge in [-0.05, 0) is 18.2 Å². The van der Waals surface area contributed by atoms with Crippen LogP contribution in [0.25, 0.3) is 10.6 Å². The molecule has 0 aliphatic carbocycles. The van der Waals surface area contributed by atoms with E-state index in [1.165, 1.54) is 11.3 Å². The minimum Gasteiger partial charge on any atom is -0.481 e. The molecule has 0 spiro atoms. The van der Waals surface area contributed by atoms with Crippen molar-refractivity contribution in [3.63, 3.8) is 0 Å². The van der Waals surface area contributed by atoms with Crippen LogP contribution < -0.4 is 10.1 Å². The summed E-state index contributed by atoms with van der Waals surface area (Å²) in [5, 5.41) is 5.29. The minimum atomic E-state index is -0.227. The smallest absolute Gasteiger partial charge is 0.275 e. The van der Waals surface area contributed by atoms with Crippen molar-refractivity contribution in [2.24, 2.45) is 0 Å². The van der Waals surface area contributed by atoms with Gasteiger partial charge in [0.05, 0.1) is 7.11 Å². The van der Waals surface area contributed by atoms with E-state index in [2.05, 4.69) is 15.3 Å². The second kappa shape index (κ2) is 6.36. The molecule has 0 aliphatic rings. The van der Waals surface area contributed by atoms with Gasteiger partial charge in [-0.3, -0.25) is 4.79 Å². The lowest BCUT2D eigenvalue weighted by molar-refractivity contribution is 0.102. The number of carbonyl (C=O) groups is 1. The molecule has 1 amide bonds. The predicted molar refractivity (Wildman–Crippen MR) is 86.3 cm³/mol. The summed E-state index contributed by atoms with van der Waals surface area (Å²) in [5.41, 5.74) is 1.98. The number of methoxy groups -OCH3 is 1. The Balaban J connectivity index is 1.76. The van der Waals surface area contributed by atoms with Gasteiger partial charge in [0.2, 0.25) is 5.88 Å². The van der Waals surface area contributed by atoms with Crippen molar-refractivity contribution in [1.82, 2.24) is 9.97 Å². The van der Waals surface area contributed by atoms with Crippen LogP contribution in [0, 0.1) is 0 Å². The Morgan fingerprint density at radius 3 is 2.68 bits per heavy atom. The number of aromatic nitrogens is 2. The molecule has 6 heteroatoms. The first-order valence-electron chi connectivity index (χ1n) is 6.58. The van der Waals surface area contributed by atoms with Crippen LogP contribution in [0.15, 0.2) is 54.0 Å². The Bertz CT molecular complexity index is 770. The number of pyridine rings is 1. The average Bonchev–Trinajstić information content (AvgIpc) is 3.06. The van der Waals surface area contributed by atoms with Crippen LogP contribution in [0.4, 0.5) is 5.69 Å². The third-order valence-electron chi connectivity index (χ3n) is 2.96. The maximum atomic E-state index is 12.2. The molecule has 0 saturated carbocycles. The zero-order valence-corrected chi connectivity index (χ0v) is 12.6. The third-order valence-corrected chi connectivity index (χ3v) is 3.85. The molecule has 0 atom stereocenters. The Morgan fingerprint density at radius 1 is 1.18 bits per heavy atom. The van der Waals surface area contributed by atoms with Gasteiger partial charge in [-0.25, -0.2) is 9.97 Å². The van der Waals surface area contributed by atoms with E-state index < -0.39 is 0 Å². The van der Waals surface area contributed by atoms with Crippen LogP contribution in [0.1, 0.15) is 10.5 Å². The molecular weight excluding hydrogens is 298 g/mol. The lowest BCUT2D eigenvalue weighted by atomic mass is 10.3. The van der Waals surface area contributed by atoms with Crippen molar-refractivity contribution in [3.05, 3.63) is 59.7 Å². The van der Waals surface area contributed by atoms with E-state index in [4.69, 9.17) is 4.74 Å². The Kier molecular flexibility index (Phi) is 4.11. The molecule has 0 aliphatic heterocycles. The van der Waals surface area contributed by atoms with Gasteiger partial charge >= 0.3 is 0 Å². The fraction of sp³-hybridized carbons (Fsp3) is 0.0625. The van der Waals surface area contributed by atoms with Crippen molar-refractivity contribution in [2.75, 3.05) is 12.4 Å². The molecule has 22 heavy (non-hydrogen) atoms. The number of para-hydroxylation sites is 1. The van der Waals surface area contributed by atoms with E-state index in [1.54, 1.807) is 24.8 Å². The number of hydrogen-bond donors (Lipinski definition) is 1. The number of amides is 1.